The third-order valence-corrected chi connectivity index (χ3v) is 7.18. The van der Waals surface area contributed by atoms with Crippen LogP contribution in [0.4, 0.5) is 4.39 Å². The molecule has 8 heteroatoms. The molecule has 1 N–H and O–H groups in total. The number of rotatable bonds is 9. The highest BCUT2D eigenvalue weighted by Gasteiger charge is 2.34. The average Bonchev–Trinajstić information content (AvgIpc) is 2.94. The third-order valence-electron chi connectivity index (χ3n) is 5.26. The molecule has 0 spiro atoms. The van der Waals surface area contributed by atoms with Crippen LogP contribution in [0.25, 0.3) is 0 Å². The van der Waals surface area contributed by atoms with Crippen LogP contribution in [0.5, 0.6) is 5.75 Å². The molecule has 0 radical (unpaired) electrons. The van der Waals surface area contributed by atoms with Crippen molar-refractivity contribution in [1.29, 1.82) is 0 Å². The molecule has 160 valence electrons. The molecule has 0 saturated heterocycles. The minimum atomic E-state index is -3.34. The minimum Gasteiger partial charge on any atom is -0.505 e. The number of hydrogen-bond acceptors (Lipinski definition) is 5. The molecule has 0 aliphatic carbocycles. The molecule has 2 aromatic carbocycles. The number of benzene rings is 2. The molecule has 0 fully saturated rings. The maximum absolute atomic E-state index is 13.2. The Balaban J connectivity index is 1.44. The first kappa shape index (κ1) is 22.0. The van der Waals surface area contributed by atoms with Crippen molar-refractivity contribution >= 4 is 21.7 Å². The fourth-order valence-electron chi connectivity index (χ4n) is 3.61. The van der Waals surface area contributed by atoms with E-state index in [-0.39, 0.29) is 35.8 Å². The van der Waals surface area contributed by atoms with E-state index in [1.807, 2.05) is 0 Å². The van der Waals surface area contributed by atoms with Gasteiger partial charge in [0.15, 0.2) is 21.4 Å². The first-order chi connectivity index (χ1) is 14.2. The third kappa shape index (κ3) is 4.87. The van der Waals surface area contributed by atoms with Crippen molar-refractivity contribution in [2.45, 2.75) is 32.1 Å². The number of amides is 2. The number of carbonyl (C=O) groups is 2. The van der Waals surface area contributed by atoms with Crippen molar-refractivity contribution in [1.82, 2.24) is 4.90 Å². The van der Waals surface area contributed by atoms with Crippen LogP contribution in [0, 0.1) is 5.82 Å². The summed E-state index contributed by atoms with van der Waals surface area (Å²) < 4.78 is 37.9. The highest BCUT2D eigenvalue weighted by molar-refractivity contribution is 7.91. The van der Waals surface area contributed by atoms with Crippen molar-refractivity contribution in [3.8, 4) is 5.75 Å². The Morgan fingerprint density at radius 3 is 2.23 bits per heavy atom. The molecule has 3 rings (SSSR count). The summed E-state index contributed by atoms with van der Waals surface area (Å²) in [6.07, 6.45) is 1.52. The second-order valence-corrected chi connectivity index (χ2v) is 9.82. The van der Waals surface area contributed by atoms with E-state index >= 15 is 0 Å². The maximum atomic E-state index is 13.2. The van der Waals surface area contributed by atoms with Gasteiger partial charge in [0.25, 0.3) is 11.8 Å². The summed E-state index contributed by atoms with van der Waals surface area (Å²) in [7, 11) is -3.34. The lowest BCUT2D eigenvalue weighted by molar-refractivity contribution is 0.0651. The maximum Gasteiger partial charge on any atom is 0.261 e. The van der Waals surface area contributed by atoms with E-state index in [1.54, 1.807) is 31.2 Å². The molecule has 1 atom stereocenters. The Kier molecular flexibility index (Phi) is 6.55. The van der Waals surface area contributed by atoms with Crippen molar-refractivity contribution in [2.75, 3.05) is 18.1 Å². The molecule has 0 saturated carbocycles. The molecule has 0 aromatic heterocycles. The van der Waals surface area contributed by atoms with Gasteiger partial charge in [0.05, 0.1) is 22.6 Å². The molecular formula is C22H24FNO5S. The second-order valence-electron chi connectivity index (χ2n) is 7.59. The fourth-order valence-corrected chi connectivity index (χ4v) is 5.37. The quantitative estimate of drug-likeness (QED) is 0.483. The molecule has 0 bridgehead atoms. The molecule has 0 unspecified atom stereocenters. The molecule has 1 aliphatic heterocycles. The van der Waals surface area contributed by atoms with Crippen LogP contribution in [0.1, 0.15) is 58.4 Å². The number of hydrogen-bond donors (Lipinski definition) is 1. The summed E-state index contributed by atoms with van der Waals surface area (Å²) in [5.41, 5.74) is 1.37. The van der Waals surface area contributed by atoms with E-state index in [4.69, 9.17) is 0 Å². The second kappa shape index (κ2) is 8.95. The first-order valence-corrected chi connectivity index (χ1v) is 11.7. The van der Waals surface area contributed by atoms with Crippen molar-refractivity contribution < 1.29 is 27.5 Å². The number of phenolic OH excluding ortho intramolecular Hbond substituents is 1. The number of imide groups is 1. The van der Waals surface area contributed by atoms with Crippen LogP contribution in [0.2, 0.25) is 0 Å². The lowest BCUT2D eigenvalue weighted by Crippen LogP contribution is -2.30. The molecule has 1 aliphatic rings. The molecule has 2 aromatic rings. The van der Waals surface area contributed by atoms with Gasteiger partial charge >= 0.3 is 0 Å². The molecular weight excluding hydrogens is 409 g/mol. The predicted molar refractivity (Wildman–Crippen MR) is 111 cm³/mol. The Morgan fingerprint density at radius 1 is 1.00 bits per heavy atom. The van der Waals surface area contributed by atoms with Crippen LogP contribution in [0.3, 0.4) is 0 Å². The van der Waals surface area contributed by atoms with E-state index in [2.05, 4.69) is 0 Å². The number of carbonyl (C=O) groups excluding carboxylic acids is 2. The number of sulfone groups is 1. The SMILES string of the molecule is C[C@@H](CS(=O)(=O)CCCCCN1C(=O)c2ccccc2C1=O)c1ccc(F)c(O)c1. The van der Waals surface area contributed by atoms with Crippen LogP contribution in [-0.4, -0.2) is 48.3 Å². The number of aromatic hydroxyl groups is 1. The van der Waals surface area contributed by atoms with Gasteiger partial charge in [-0.1, -0.05) is 31.5 Å². The molecule has 30 heavy (non-hydrogen) atoms. The zero-order chi connectivity index (χ0) is 21.9. The highest BCUT2D eigenvalue weighted by atomic mass is 32.2. The topological polar surface area (TPSA) is 91.8 Å². The van der Waals surface area contributed by atoms with Gasteiger partial charge in [-0.05, 0) is 48.6 Å². The van der Waals surface area contributed by atoms with Gasteiger partial charge < -0.3 is 5.11 Å². The summed E-state index contributed by atoms with van der Waals surface area (Å²) in [4.78, 5) is 25.8. The number of halogens is 1. The first-order valence-electron chi connectivity index (χ1n) is 9.83. The van der Waals surface area contributed by atoms with Crippen molar-refractivity contribution in [3.05, 3.63) is 65.0 Å². The summed E-state index contributed by atoms with van der Waals surface area (Å²) >= 11 is 0. The van der Waals surface area contributed by atoms with E-state index in [0.29, 0.717) is 36.0 Å². The smallest absolute Gasteiger partial charge is 0.261 e. The normalized spacial score (nSPS) is 14.8. The molecule has 2 amide bonds. The minimum absolute atomic E-state index is 0.00731. The highest BCUT2D eigenvalue weighted by Crippen LogP contribution is 2.25. The van der Waals surface area contributed by atoms with Gasteiger partial charge in [-0.3, -0.25) is 14.5 Å². The van der Waals surface area contributed by atoms with E-state index in [1.165, 1.54) is 17.0 Å². The monoisotopic (exact) mass is 433 g/mol. The average molecular weight is 434 g/mol. The lowest BCUT2D eigenvalue weighted by Gasteiger charge is -2.14. The number of nitrogens with zero attached hydrogens (tertiary/aromatic N) is 1. The van der Waals surface area contributed by atoms with Gasteiger partial charge in [0.1, 0.15) is 0 Å². The van der Waals surface area contributed by atoms with E-state index in [0.717, 1.165) is 6.07 Å². The van der Waals surface area contributed by atoms with Gasteiger partial charge in [-0.15, -0.1) is 0 Å². The number of phenols is 1. The predicted octanol–water partition coefficient (Wildman–Crippen LogP) is 3.52. The van der Waals surface area contributed by atoms with Crippen LogP contribution in [-0.2, 0) is 9.84 Å². The molecule has 6 nitrogen and oxygen atoms in total. The largest absolute Gasteiger partial charge is 0.505 e. The van der Waals surface area contributed by atoms with Crippen molar-refractivity contribution in [2.24, 2.45) is 0 Å². The van der Waals surface area contributed by atoms with E-state index in [9.17, 15) is 27.5 Å². The van der Waals surface area contributed by atoms with Gasteiger partial charge in [-0.2, -0.15) is 0 Å². The Bertz CT molecular complexity index is 1030. The summed E-state index contributed by atoms with van der Waals surface area (Å²) in [5, 5.41) is 9.46. The molecule has 1 heterocycles. The Morgan fingerprint density at radius 2 is 1.63 bits per heavy atom. The lowest BCUT2D eigenvalue weighted by atomic mass is 10.0. The van der Waals surface area contributed by atoms with Crippen LogP contribution < -0.4 is 0 Å². The fraction of sp³-hybridized carbons (Fsp3) is 0.364. The zero-order valence-corrected chi connectivity index (χ0v) is 17.5. The standard InChI is InChI=1S/C22H24FNO5S/c1-15(16-9-10-19(23)20(25)13-16)14-30(28,29)12-6-2-5-11-24-21(26)17-7-3-4-8-18(17)22(24)27/h3-4,7-10,13,15,25H,2,5-6,11-12,14H2,1H3/t15-/m0/s1. The summed E-state index contributed by atoms with van der Waals surface area (Å²) in [6, 6.07) is 10.5. The Hall–Kier alpha value is -2.74. The van der Waals surface area contributed by atoms with Crippen LogP contribution >= 0.6 is 0 Å². The Labute approximate surface area is 175 Å². The number of unbranched alkanes of at least 4 members (excludes halogenated alkanes) is 2. The number of fused-ring (bicyclic) bond motifs is 1. The van der Waals surface area contributed by atoms with E-state index < -0.39 is 21.4 Å². The summed E-state index contributed by atoms with van der Waals surface area (Å²) in [6.45, 7) is 1.98. The van der Waals surface area contributed by atoms with Gasteiger partial charge in [0, 0.05) is 6.54 Å². The zero-order valence-electron chi connectivity index (χ0n) is 16.7. The van der Waals surface area contributed by atoms with Gasteiger partial charge in [0.2, 0.25) is 0 Å². The van der Waals surface area contributed by atoms with Crippen molar-refractivity contribution in [3.63, 3.8) is 0 Å². The van der Waals surface area contributed by atoms with Crippen LogP contribution in [0.15, 0.2) is 42.5 Å². The van der Waals surface area contributed by atoms with Gasteiger partial charge in [-0.25, -0.2) is 12.8 Å². The summed E-state index contributed by atoms with van der Waals surface area (Å²) in [5.74, 6) is -2.33.